The van der Waals surface area contributed by atoms with Crippen LogP contribution in [0.1, 0.15) is 118 Å². The SMILES string of the molecule is CC(C)CCC[C@@H](C)[C@H]1CC[C@H]2[C@@H]3CC=C4C[C@@H](OC(=O)OCCCCOP(=O)(O)OCC[N+](C)(C)C)CC[C@]4(C)[C@H]3CC[C@]12C.[OH-]. The van der Waals surface area contributed by atoms with Gasteiger partial charge in [0.05, 0.1) is 34.4 Å². The molecule has 0 aliphatic heterocycles. The molecule has 47 heavy (non-hydrogen) atoms. The number of phosphoric acid groups is 1. The Bertz CT molecular complexity index is 1090. The van der Waals surface area contributed by atoms with Crippen LogP contribution in [0.2, 0.25) is 0 Å². The summed E-state index contributed by atoms with van der Waals surface area (Å²) in [5, 5.41) is 0. The molecule has 0 aromatic rings. The van der Waals surface area contributed by atoms with Crippen LogP contribution in [0.5, 0.6) is 0 Å². The molecule has 4 aliphatic carbocycles. The largest absolute Gasteiger partial charge is 0.870 e. The number of carbonyl (C=O) groups is 1. The second kappa shape index (κ2) is 16.8. The quantitative estimate of drug-likeness (QED) is 0.0562. The zero-order valence-corrected chi connectivity index (χ0v) is 31.8. The Morgan fingerprint density at radius 3 is 2.36 bits per heavy atom. The normalized spacial score (nSPS) is 33.8. The van der Waals surface area contributed by atoms with Crippen LogP contribution in [-0.4, -0.2) is 74.6 Å². The number of fused-ring (bicyclic) bond motifs is 5. The minimum atomic E-state index is -4.07. The van der Waals surface area contributed by atoms with Gasteiger partial charge in [-0.25, -0.2) is 9.36 Å². The van der Waals surface area contributed by atoms with Gasteiger partial charge in [0.15, 0.2) is 0 Å². The number of carbonyl (C=O) groups excluding carboxylic acids is 1. The molecular formula is C37H68NO8P. The molecule has 9 atom stereocenters. The van der Waals surface area contributed by atoms with E-state index in [4.69, 9.17) is 18.5 Å². The van der Waals surface area contributed by atoms with E-state index in [0.29, 0.717) is 29.3 Å². The van der Waals surface area contributed by atoms with Crippen molar-refractivity contribution in [3.8, 4) is 0 Å². The van der Waals surface area contributed by atoms with E-state index in [1.54, 1.807) is 0 Å². The Kier molecular flexibility index (Phi) is 14.5. The first-order chi connectivity index (χ1) is 21.5. The Morgan fingerprint density at radius 1 is 0.957 bits per heavy atom. The highest BCUT2D eigenvalue weighted by molar-refractivity contribution is 7.47. The van der Waals surface area contributed by atoms with Crippen LogP contribution in [0.25, 0.3) is 0 Å². The lowest BCUT2D eigenvalue weighted by Crippen LogP contribution is -2.51. The summed E-state index contributed by atoms with van der Waals surface area (Å²) >= 11 is 0. The molecule has 0 heterocycles. The van der Waals surface area contributed by atoms with Crippen molar-refractivity contribution < 1.29 is 42.7 Å². The zero-order chi connectivity index (χ0) is 33.8. The third-order valence-electron chi connectivity index (χ3n) is 12.6. The van der Waals surface area contributed by atoms with Crippen LogP contribution in [0.15, 0.2) is 11.6 Å². The van der Waals surface area contributed by atoms with Crippen molar-refractivity contribution in [2.75, 3.05) is 47.5 Å². The van der Waals surface area contributed by atoms with Gasteiger partial charge in [-0.3, -0.25) is 9.05 Å². The summed E-state index contributed by atoms with van der Waals surface area (Å²) in [5.41, 5.74) is 2.22. The molecule has 0 aromatic carbocycles. The highest BCUT2D eigenvalue weighted by Crippen LogP contribution is 2.67. The molecule has 0 saturated heterocycles. The molecule has 0 spiro atoms. The molecule has 0 amide bonds. The van der Waals surface area contributed by atoms with Gasteiger partial charge in [0.2, 0.25) is 0 Å². The lowest BCUT2D eigenvalue weighted by Gasteiger charge is -2.58. The van der Waals surface area contributed by atoms with Gasteiger partial charge in [-0.05, 0) is 104 Å². The van der Waals surface area contributed by atoms with Crippen LogP contribution >= 0.6 is 7.82 Å². The van der Waals surface area contributed by atoms with Gasteiger partial charge in [-0.2, -0.15) is 0 Å². The molecule has 3 fully saturated rings. The Balaban J connectivity index is 0.00000600. The smallest absolute Gasteiger partial charge is 0.508 e. The number of rotatable bonds is 16. The zero-order valence-electron chi connectivity index (χ0n) is 30.9. The van der Waals surface area contributed by atoms with E-state index in [2.05, 4.69) is 40.7 Å². The highest BCUT2D eigenvalue weighted by atomic mass is 31.2. The predicted molar refractivity (Wildman–Crippen MR) is 185 cm³/mol. The summed E-state index contributed by atoms with van der Waals surface area (Å²) in [6.45, 7) is 13.4. The molecule has 2 N–H and O–H groups in total. The number of ether oxygens (including phenoxy) is 2. The summed E-state index contributed by atoms with van der Waals surface area (Å²) in [7, 11) is 1.88. The lowest BCUT2D eigenvalue weighted by atomic mass is 9.47. The summed E-state index contributed by atoms with van der Waals surface area (Å²) in [6.07, 6.45) is 16.4. The highest BCUT2D eigenvalue weighted by Gasteiger charge is 2.59. The molecule has 4 rings (SSSR count). The van der Waals surface area contributed by atoms with E-state index in [1.165, 1.54) is 56.9 Å². The summed E-state index contributed by atoms with van der Waals surface area (Å²) in [4.78, 5) is 22.3. The molecule has 10 heteroatoms. The first-order valence-electron chi connectivity index (χ1n) is 18.5. The van der Waals surface area contributed by atoms with Crippen LogP contribution < -0.4 is 0 Å². The van der Waals surface area contributed by atoms with Crippen molar-refractivity contribution in [3.05, 3.63) is 11.6 Å². The van der Waals surface area contributed by atoms with E-state index in [0.717, 1.165) is 54.8 Å². The minimum Gasteiger partial charge on any atom is -0.870 e. The molecular weight excluding hydrogens is 617 g/mol. The molecule has 0 radical (unpaired) electrons. The van der Waals surface area contributed by atoms with Crippen molar-refractivity contribution in [1.82, 2.24) is 0 Å². The Hall–Kier alpha value is -0.960. The van der Waals surface area contributed by atoms with Gasteiger partial charge in [0.1, 0.15) is 19.3 Å². The van der Waals surface area contributed by atoms with E-state index in [9.17, 15) is 14.3 Å². The maximum absolute atomic E-state index is 12.5. The molecule has 0 aromatic heterocycles. The van der Waals surface area contributed by atoms with Crippen LogP contribution in [0, 0.1) is 46.3 Å². The van der Waals surface area contributed by atoms with Crippen molar-refractivity contribution in [3.63, 3.8) is 0 Å². The predicted octanol–water partition coefficient (Wildman–Crippen LogP) is 8.99. The van der Waals surface area contributed by atoms with Gasteiger partial charge in [0, 0.05) is 6.42 Å². The second-order valence-electron chi connectivity index (χ2n) is 17.2. The van der Waals surface area contributed by atoms with Crippen LogP contribution in [0.4, 0.5) is 4.79 Å². The number of nitrogens with zero attached hydrogens (tertiary/aromatic N) is 1. The van der Waals surface area contributed by atoms with Gasteiger partial charge in [-0.1, -0.05) is 65.5 Å². The monoisotopic (exact) mass is 685 g/mol. The van der Waals surface area contributed by atoms with E-state index < -0.39 is 14.0 Å². The van der Waals surface area contributed by atoms with E-state index in [-0.39, 0.29) is 36.8 Å². The van der Waals surface area contributed by atoms with E-state index >= 15 is 0 Å². The molecule has 0 bridgehead atoms. The van der Waals surface area contributed by atoms with Crippen molar-refractivity contribution in [2.24, 2.45) is 46.3 Å². The fourth-order valence-corrected chi connectivity index (χ4v) is 10.7. The Morgan fingerprint density at radius 2 is 1.66 bits per heavy atom. The maximum Gasteiger partial charge on any atom is 0.508 e. The lowest BCUT2D eigenvalue weighted by molar-refractivity contribution is -0.870. The number of hydrogen-bond acceptors (Lipinski definition) is 7. The number of unbranched alkanes of at least 4 members (excludes halogenated alkanes) is 1. The number of allylic oxidation sites excluding steroid dienone is 1. The second-order valence-corrected chi connectivity index (χ2v) is 18.7. The topological polar surface area (TPSA) is 121 Å². The number of quaternary nitrogens is 1. The molecule has 3 saturated carbocycles. The van der Waals surface area contributed by atoms with Gasteiger partial charge >= 0.3 is 14.0 Å². The number of phosphoric ester groups is 1. The van der Waals surface area contributed by atoms with Crippen molar-refractivity contribution in [2.45, 2.75) is 124 Å². The molecule has 9 nitrogen and oxygen atoms in total. The third kappa shape index (κ3) is 10.5. The standard InChI is InChI=1S/C37H66NO7P.H2O/c1-27(2)12-11-13-28(3)32-16-17-33-31-15-14-29-26-30(18-20-36(29,4)34(31)19-21-37(32,33)5)45-35(39)42-23-9-10-24-43-46(40,41)44-25-22-38(6,7)8;/h14,27-28,30-34H,9-13,15-26H2,1-8H3;1H2/t28-,30+,31+,32-,33+,34+,36+,37-;/m1./s1. The van der Waals surface area contributed by atoms with Gasteiger partial charge in [0.25, 0.3) is 0 Å². The maximum atomic E-state index is 12.5. The summed E-state index contributed by atoms with van der Waals surface area (Å²) in [5.74, 6) is 4.89. The Labute approximate surface area is 286 Å². The van der Waals surface area contributed by atoms with Crippen LogP contribution in [0.3, 0.4) is 0 Å². The molecule has 1 unspecified atom stereocenters. The minimum absolute atomic E-state index is 0. The number of likely N-dealkylation sites (N-methyl/N-ethyl adjacent to an activating group) is 1. The third-order valence-corrected chi connectivity index (χ3v) is 13.6. The fraction of sp³-hybridized carbons (Fsp3) is 0.919. The van der Waals surface area contributed by atoms with Crippen molar-refractivity contribution in [1.29, 1.82) is 0 Å². The van der Waals surface area contributed by atoms with Crippen molar-refractivity contribution >= 4 is 14.0 Å². The summed E-state index contributed by atoms with van der Waals surface area (Å²) < 4.78 is 33.8. The summed E-state index contributed by atoms with van der Waals surface area (Å²) in [6, 6.07) is 0. The number of hydrogen-bond donors (Lipinski definition) is 1. The molecule has 4 aliphatic rings. The average Bonchev–Trinajstić information content (AvgIpc) is 3.31. The van der Waals surface area contributed by atoms with E-state index in [1.807, 2.05) is 21.1 Å². The first-order valence-corrected chi connectivity index (χ1v) is 20.0. The van der Waals surface area contributed by atoms with Gasteiger partial charge in [-0.15, -0.1) is 0 Å². The first kappa shape index (κ1) is 40.5. The fourth-order valence-electron chi connectivity index (χ4n) is 9.93. The van der Waals surface area contributed by atoms with Crippen LogP contribution in [-0.2, 0) is 23.1 Å². The molecule has 274 valence electrons. The van der Waals surface area contributed by atoms with Gasteiger partial charge < -0.3 is 24.3 Å². The average molecular weight is 686 g/mol.